The number of benzene rings is 1. The summed E-state index contributed by atoms with van der Waals surface area (Å²) >= 11 is 0. The quantitative estimate of drug-likeness (QED) is 0.791. The third-order valence-electron chi connectivity index (χ3n) is 3.26. The second-order valence-electron chi connectivity index (χ2n) is 5.24. The second kappa shape index (κ2) is 7.38. The monoisotopic (exact) mass is 371 g/mol. The van der Waals surface area contributed by atoms with Crippen molar-refractivity contribution in [3.05, 3.63) is 53.0 Å². The van der Waals surface area contributed by atoms with E-state index in [1.54, 1.807) is 0 Å². The number of nitrogens with zero attached hydrogens (tertiary/aromatic N) is 1. The standard InChI is InChI=1S/C16H13F4N3O3/c1-8-11(17)4-10(14(21)24)5-12(8)23-15(25)9-2-3-13(22-6-9)26-7-16(18,19)20/h2-6H,7H2,1H3,(H2,21,24)(H,23,25). The highest BCUT2D eigenvalue weighted by molar-refractivity contribution is 6.05. The molecule has 0 aliphatic heterocycles. The molecule has 26 heavy (non-hydrogen) atoms. The predicted molar refractivity (Wildman–Crippen MR) is 83.4 cm³/mol. The SMILES string of the molecule is Cc1c(F)cc(C(N)=O)cc1NC(=O)c1ccc(OCC(F)(F)F)nc1. The molecule has 2 rings (SSSR count). The Bertz CT molecular complexity index is 836. The minimum atomic E-state index is -4.51. The molecule has 6 nitrogen and oxygen atoms in total. The number of primary amides is 1. The van der Waals surface area contributed by atoms with E-state index in [1.807, 2.05) is 0 Å². The van der Waals surface area contributed by atoms with Crippen LogP contribution in [0.3, 0.4) is 0 Å². The van der Waals surface area contributed by atoms with E-state index in [0.717, 1.165) is 18.3 Å². The van der Waals surface area contributed by atoms with Crippen LogP contribution < -0.4 is 15.8 Å². The lowest BCUT2D eigenvalue weighted by molar-refractivity contribution is -0.154. The normalized spacial score (nSPS) is 11.1. The first-order valence-corrected chi connectivity index (χ1v) is 7.14. The molecule has 0 aliphatic carbocycles. The molecule has 10 heteroatoms. The maximum Gasteiger partial charge on any atom is 0.422 e. The molecule has 2 aromatic rings. The Hall–Kier alpha value is -3.17. The summed E-state index contributed by atoms with van der Waals surface area (Å²) in [6.45, 7) is -0.119. The van der Waals surface area contributed by atoms with E-state index in [4.69, 9.17) is 5.73 Å². The Morgan fingerprint density at radius 2 is 1.92 bits per heavy atom. The van der Waals surface area contributed by atoms with Crippen molar-refractivity contribution in [1.29, 1.82) is 0 Å². The Labute approximate surface area is 145 Å². The number of pyridine rings is 1. The first kappa shape index (κ1) is 19.2. The fourth-order valence-corrected chi connectivity index (χ4v) is 1.90. The van der Waals surface area contributed by atoms with E-state index in [2.05, 4.69) is 15.0 Å². The smallest absolute Gasteiger partial charge is 0.422 e. The average Bonchev–Trinajstić information content (AvgIpc) is 2.56. The summed E-state index contributed by atoms with van der Waals surface area (Å²) in [5, 5.41) is 2.39. The number of amides is 2. The fraction of sp³-hybridized carbons (Fsp3) is 0.188. The summed E-state index contributed by atoms with van der Waals surface area (Å²) in [4.78, 5) is 27.0. The number of halogens is 4. The van der Waals surface area contributed by atoms with Crippen LogP contribution in [0.5, 0.6) is 5.88 Å². The first-order valence-electron chi connectivity index (χ1n) is 7.14. The van der Waals surface area contributed by atoms with E-state index in [1.165, 1.54) is 19.1 Å². The summed E-state index contributed by atoms with van der Waals surface area (Å²) in [6.07, 6.45) is -3.50. The van der Waals surface area contributed by atoms with Crippen molar-refractivity contribution in [1.82, 2.24) is 4.98 Å². The lowest BCUT2D eigenvalue weighted by atomic mass is 10.1. The van der Waals surface area contributed by atoms with Crippen molar-refractivity contribution in [2.24, 2.45) is 5.73 Å². The van der Waals surface area contributed by atoms with Gasteiger partial charge in [0.25, 0.3) is 5.91 Å². The van der Waals surface area contributed by atoms with Crippen molar-refractivity contribution in [3.63, 3.8) is 0 Å². The van der Waals surface area contributed by atoms with Gasteiger partial charge in [-0.3, -0.25) is 9.59 Å². The van der Waals surface area contributed by atoms with Gasteiger partial charge in [-0.15, -0.1) is 0 Å². The van der Waals surface area contributed by atoms with Crippen LogP contribution in [0.25, 0.3) is 0 Å². The second-order valence-corrected chi connectivity index (χ2v) is 5.24. The summed E-state index contributed by atoms with van der Waals surface area (Å²) in [5.41, 5.74) is 5.08. The maximum absolute atomic E-state index is 13.8. The van der Waals surface area contributed by atoms with E-state index < -0.39 is 30.4 Å². The number of carbonyl (C=O) groups is 2. The third-order valence-corrected chi connectivity index (χ3v) is 3.26. The topological polar surface area (TPSA) is 94.3 Å². The van der Waals surface area contributed by atoms with Crippen LogP contribution in [0.4, 0.5) is 23.2 Å². The Kier molecular flexibility index (Phi) is 5.44. The van der Waals surface area contributed by atoms with Crippen molar-refractivity contribution in [2.45, 2.75) is 13.1 Å². The average molecular weight is 371 g/mol. The van der Waals surface area contributed by atoms with Crippen LogP contribution >= 0.6 is 0 Å². The zero-order valence-corrected chi connectivity index (χ0v) is 13.4. The van der Waals surface area contributed by atoms with Gasteiger partial charge < -0.3 is 15.8 Å². The molecule has 138 valence electrons. The molecule has 1 heterocycles. The number of carbonyl (C=O) groups excluding carboxylic acids is 2. The number of hydrogen-bond acceptors (Lipinski definition) is 4. The molecule has 0 fully saturated rings. The van der Waals surface area contributed by atoms with Gasteiger partial charge in [-0.25, -0.2) is 9.37 Å². The third kappa shape index (κ3) is 4.91. The molecule has 0 radical (unpaired) electrons. The molecule has 0 bridgehead atoms. The van der Waals surface area contributed by atoms with Crippen molar-refractivity contribution in [3.8, 4) is 5.88 Å². The first-order chi connectivity index (χ1) is 12.1. The fourth-order valence-electron chi connectivity index (χ4n) is 1.90. The van der Waals surface area contributed by atoms with Crippen LogP contribution in [0.1, 0.15) is 26.3 Å². The van der Waals surface area contributed by atoms with Crippen LogP contribution in [0.15, 0.2) is 30.5 Å². The molecule has 1 aromatic carbocycles. The van der Waals surface area contributed by atoms with Gasteiger partial charge in [0, 0.05) is 29.1 Å². The van der Waals surface area contributed by atoms with Gasteiger partial charge in [-0.2, -0.15) is 13.2 Å². The highest BCUT2D eigenvalue weighted by Gasteiger charge is 2.28. The molecule has 0 spiro atoms. The van der Waals surface area contributed by atoms with E-state index in [-0.39, 0.29) is 28.3 Å². The predicted octanol–water partition coefficient (Wildman–Crippen LogP) is 2.82. The van der Waals surface area contributed by atoms with Crippen LogP contribution in [0.2, 0.25) is 0 Å². The molecule has 0 saturated heterocycles. The Morgan fingerprint density at radius 1 is 1.23 bits per heavy atom. The zero-order chi connectivity index (χ0) is 19.5. The highest BCUT2D eigenvalue weighted by Crippen LogP contribution is 2.22. The van der Waals surface area contributed by atoms with Crippen LogP contribution in [-0.4, -0.2) is 29.6 Å². The van der Waals surface area contributed by atoms with E-state index in [9.17, 15) is 27.2 Å². The maximum atomic E-state index is 13.8. The highest BCUT2D eigenvalue weighted by atomic mass is 19.4. The molecule has 0 atom stereocenters. The zero-order valence-electron chi connectivity index (χ0n) is 13.4. The summed E-state index contributed by atoms with van der Waals surface area (Å²) in [7, 11) is 0. The van der Waals surface area contributed by atoms with E-state index >= 15 is 0 Å². The molecular formula is C16H13F4N3O3. The van der Waals surface area contributed by atoms with Crippen LogP contribution in [-0.2, 0) is 0 Å². The number of rotatable bonds is 5. The Morgan fingerprint density at radius 3 is 2.46 bits per heavy atom. The van der Waals surface area contributed by atoms with Crippen molar-refractivity contribution in [2.75, 3.05) is 11.9 Å². The van der Waals surface area contributed by atoms with E-state index in [0.29, 0.717) is 0 Å². The lowest BCUT2D eigenvalue weighted by Gasteiger charge is -2.11. The number of nitrogens with two attached hydrogens (primary N) is 1. The molecule has 3 N–H and O–H groups in total. The van der Waals surface area contributed by atoms with Crippen molar-refractivity contribution >= 4 is 17.5 Å². The lowest BCUT2D eigenvalue weighted by Crippen LogP contribution is -2.20. The summed E-state index contributed by atoms with van der Waals surface area (Å²) in [5.74, 6) is -2.61. The summed E-state index contributed by atoms with van der Waals surface area (Å²) < 4.78 is 54.5. The van der Waals surface area contributed by atoms with Crippen LogP contribution in [0, 0.1) is 12.7 Å². The minimum Gasteiger partial charge on any atom is -0.468 e. The number of ether oxygens (including phenoxy) is 1. The van der Waals surface area contributed by atoms with Gasteiger partial charge in [0.1, 0.15) is 5.82 Å². The van der Waals surface area contributed by atoms with Gasteiger partial charge in [0.05, 0.1) is 5.56 Å². The molecule has 1 aromatic heterocycles. The number of aromatic nitrogens is 1. The van der Waals surface area contributed by atoms with Crippen molar-refractivity contribution < 1.29 is 31.9 Å². The number of nitrogens with one attached hydrogen (secondary N) is 1. The van der Waals surface area contributed by atoms with Gasteiger partial charge in [0.2, 0.25) is 11.8 Å². The number of alkyl halides is 3. The molecule has 2 amide bonds. The number of hydrogen-bond donors (Lipinski definition) is 2. The van der Waals surface area contributed by atoms with Gasteiger partial charge in [-0.05, 0) is 25.1 Å². The molecule has 0 aliphatic rings. The summed E-state index contributed by atoms with van der Waals surface area (Å²) in [6, 6.07) is 4.44. The number of anilines is 1. The largest absolute Gasteiger partial charge is 0.468 e. The van der Waals surface area contributed by atoms with Gasteiger partial charge in [-0.1, -0.05) is 0 Å². The van der Waals surface area contributed by atoms with Gasteiger partial charge >= 0.3 is 6.18 Å². The molecular weight excluding hydrogens is 358 g/mol. The molecule has 0 unspecified atom stereocenters. The minimum absolute atomic E-state index is 0.00588. The Balaban J connectivity index is 2.14. The molecule has 0 saturated carbocycles. The van der Waals surface area contributed by atoms with Gasteiger partial charge in [0.15, 0.2) is 6.61 Å².